The number of aliphatic imine (C=N–C) groups is 1. The van der Waals surface area contributed by atoms with E-state index in [0.29, 0.717) is 5.84 Å². The van der Waals surface area contributed by atoms with E-state index in [1.54, 1.807) is 12.4 Å². The number of aromatic nitrogens is 1. The predicted molar refractivity (Wildman–Crippen MR) is 71.4 cm³/mol. The largest absolute Gasteiger partial charge is 0.261 e. The van der Waals surface area contributed by atoms with Crippen molar-refractivity contribution in [3.05, 3.63) is 52.3 Å². The number of fused-ring (bicyclic) bond motifs is 2. The molecular weight excluding hydrogens is 238 g/mol. The number of pyridine rings is 1. The Hall–Kier alpha value is -2.69. The van der Waals surface area contributed by atoms with Crippen molar-refractivity contribution in [1.82, 2.24) is 4.98 Å². The Morgan fingerprint density at radius 2 is 1.95 bits per heavy atom. The molecule has 5 nitrogen and oxygen atoms in total. The molecule has 4 rings (SSSR count). The van der Waals surface area contributed by atoms with E-state index in [2.05, 4.69) is 25.2 Å². The SMILES string of the molecule is Cc1ccc(C2=Nc3cc4c(cc3=N2)N=NC=4)cn1. The summed E-state index contributed by atoms with van der Waals surface area (Å²) >= 11 is 0. The summed E-state index contributed by atoms with van der Waals surface area (Å²) in [6, 6.07) is 7.81. The van der Waals surface area contributed by atoms with Crippen molar-refractivity contribution in [2.45, 2.75) is 6.92 Å². The Kier molecular flexibility index (Phi) is 1.97. The third-order valence-electron chi connectivity index (χ3n) is 3.11. The van der Waals surface area contributed by atoms with Crippen LogP contribution in [0.3, 0.4) is 0 Å². The second kappa shape index (κ2) is 3.65. The van der Waals surface area contributed by atoms with E-state index in [1.165, 1.54) is 0 Å². The van der Waals surface area contributed by atoms with Crippen molar-refractivity contribution >= 4 is 23.4 Å². The van der Waals surface area contributed by atoms with Crippen LogP contribution in [0.2, 0.25) is 0 Å². The summed E-state index contributed by atoms with van der Waals surface area (Å²) in [5, 5.41) is 9.73. The number of nitrogens with zero attached hydrogens (tertiary/aromatic N) is 5. The zero-order chi connectivity index (χ0) is 12.8. The monoisotopic (exact) mass is 247 g/mol. The first-order chi connectivity index (χ1) is 9.29. The molecule has 5 heteroatoms. The Bertz CT molecular complexity index is 860. The number of hydrogen-bond acceptors (Lipinski definition) is 5. The highest BCUT2D eigenvalue weighted by Crippen LogP contribution is 2.18. The fourth-order valence-electron chi connectivity index (χ4n) is 2.09. The van der Waals surface area contributed by atoms with E-state index in [0.717, 1.165) is 33.2 Å². The average molecular weight is 247 g/mol. The Morgan fingerprint density at radius 1 is 1.00 bits per heavy atom. The van der Waals surface area contributed by atoms with Gasteiger partial charge in [-0.1, -0.05) is 0 Å². The van der Waals surface area contributed by atoms with Crippen molar-refractivity contribution in [2.75, 3.05) is 0 Å². The van der Waals surface area contributed by atoms with Crippen LogP contribution < -0.4 is 10.6 Å². The second-order valence-electron chi connectivity index (χ2n) is 4.48. The maximum Gasteiger partial charge on any atom is 0.162 e. The number of hydrogen-bond donors (Lipinski definition) is 0. The topological polar surface area (TPSA) is 62.3 Å². The third-order valence-corrected chi connectivity index (χ3v) is 3.11. The molecule has 0 saturated carbocycles. The van der Waals surface area contributed by atoms with Gasteiger partial charge >= 0.3 is 0 Å². The minimum absolute atomic E-state index is 0.697. The van der Waals surface area contributed by atoms with Gasteiger partial charge in [-0.25, -0.2) is 9.98 Å². The lowest BCUT2D eigenvalue weighted by Gasteiger charge is -1.96. The van der Waals surface area contributed by atoms with Crippen LogP contribution in [0.25, 0.3) is 6.20 Å². The van der Waals surface area contributed by atoms with Crippen LogP contribution in [-0.4, -0.2) is 10.8 Å². The van der Waals surface area contributed by atoms with Gasteiger partial charge in [0.25, 0.3) is 0 Å². The van der Waals surface area contributed by atoms with Crippen LogP contribution >= 0.6 is 0 Å². The summed E-state index contributed by atoms with van der Waals surface area (Å²) in [5.74, 6) is 0.697. The fraction of sp³-hybridized carbons (Fsp3) is 0.0714. The van der Waals surface area contributed by atoms with E-state index in [1.807, 2.05) is 31.2 Å². The van der Waals surface area contributed by atoms with Gasteiger partial charge in [0, 0.05) is 22.7 Å². The molecule has 2 aromatic rings. The first-order valence-corrected chi connectivity index (χ1v) is 5.95. The van der Waals surface area contributed by atoms with Crippen molar-refractivity contribution < 1.29 is 0 Å². The molecule has 0 spiro atoms. The summed E-state index contributed by atoms with van der Waals surface area (Å²) < 4.78 is 0. The van der Waals surface area contributed by atoms with E-state index >= 15 is 0 Å². The lowest BCUT2D eigenvalue weighted by molar-refractivity contribution is 1.19. The summed E-state index contributed by atoms with van der Waals surface area (Å²) in [7, 11) is 0. The predicted octanol–water partition coefficient (Wildman–Crippen LogP) is 1.94. The molecule has 0 aliphatic carbocycles. The van der Waals surface area contributed by atoms with Gasteiger partial charge in [0.2, 0.25) is 0 Å². The minimum Gasteiger partial charge on any atom is -0.261 e. The van der Waals surface area contributed by atoms with E-state index in [9.17, 15) is 0 Å². The summed E-state index contributed by atoms with van der Waals surface area (Å²) in [6.07, 6.45) is 3.53. The Morgan fingerprint density at radius 3 is 2.79 bits per heavy atom. The molecule has 0 unspecified atom stereocenters. The maximum atomic E-state index is 4.54. The molecule has 0 radical (unpaired) electrons. The zero-order valence-electron chi connectivity index (χ0n) is 10.2. The first-order valence-electron chi connectivity index (χ1n) is 5.95. The Balaban J connectivity index is 1.85. The molecule has 2 aliphatic rings. The van der Waals surface area contributed by atoms with Gasteiger partial charge in [-0.15, -0.1) is 0 Å². The molecule has 19 heavy (non-hydrogen) atoms. The molecule has 1 aromatic heterocycles. The molecule has 90 valence electrons. The minimum atomic E-state index is 0.697. The quantitative estimate of drug-likeness (QED) is 0.759. The van der Waals surface area contributed by atoms with E-state index in [-0.39, 0.29) is 0 Å². The molecule has 0 atom stereocenters. The molecule has 0 amide bonds. The van der Waals surface area contributed by atoms with Gasteiger partial charge in [-0.05, 0) is 31.2 Å². The van der Waals surface area contributed by atoms with Crippen molar-refractivity contribution in [3.8, 4) is 0 Å². The summed E-state index contributed by atoms with van der Waals surface area (Å²) in [6.45, 7) is 1.96. The highest BCUT2D eigenvalue weighted by Gasteiger charge is 2.13. The van der Waals surface area contributed by atoms with Crippen LogP contribution in [0, 0.1) is 6.92 Å². The van der Waals surface area contributed by atoms with Crippen molar-refractivity contribution in [2.24, 2.45) is 20.2 Å². The van der Waals surface area contributed by atoms with Crippen LogP contribution in [0.1, 0.15) is 11.3 Å². The number of azo groups is 1. The van der Waals surface area contributed by atoms with Gasteiger partial charge in [0.05, 0.1) is 22.9 Å². The van der Waals surface area contributed by atoms with Gasteiger partial charge in [0.1, 0.15) is 0 Å². The van der Waals surface area contributed by atoms with E-state index in [4.69, 9.17) is 0 Å². The van der Waals surface area contributed by atoms with Gasteiger partial charge < -0.3 is 0 Å². The van der Waals surface area contributed by atoms with Gasteiger partial charge in [-0.2, -0.15) is 10.2 Å². The number of aryl methyl sites for hydroxylation is 1. The average Bonchev–Trinajstić information content (AvgIpc) is 3.01. The van der Waals surface area contributed by atoms with Crippen molar-refractivity contribution in [1.29, 1.82) is 0 Å². The zero-order valence-corrected chi connectivity index (χ0v) is 10.2. The smallest absolute Gasteiger partial charge is 0.162 e. The molecule has 0 N–H and O–H groups in total. The van der Waals surface area contributed by atoms with Crippen LogP contribution in [0.4, 0.5) is 11.4 Å². The molecule has 0 bridgehead atoms. The molecule has 0 fully saturated rings. The highest BCUT2D eigenvalue weighted by atomic mass is 15.1. The standard InChI is InChI=1S/C14H9N5/c1-8-2-3-9(6-15-8)14-17-12-4-10-7-16-19-11(10)5-13(12)18-14/h2-7H,1H3. The van der Waals surface area contributed by atoms with Crippen LogP contribution in [0.15, 0.2) is 50.7 Å². The van der Waals surface area contributed by atoms with Crippen LogP contribution in [0.5, 0.6) is 0 Å². The normalized spacial score (nSPS) is 14.5. The summed E-state index contributed by atoms with van der Waals surface area (Å²) in [5.41, 5.74) is 3.61. The second-order valence-corrected chi connectivity index (χ2v) is 4.48. The fourth-order valence-corrected chi connectivity index (χ4v) is 2.09. The van der Waals surface area contributed by atoms with Gasteiger partial charge in [-0.3, -0.25) is 4.98 Å². The molecule has 2 aliphatic heterocycles. The van der Waals surface area contributed by atoms with Gasteiger partial charge in [0.15, 0.2) is 5.84 Å². The molecular formula is C14H9N5. The van der Waals surface area contributed by atoms with Crippen molar-refractivity contribution in [3.63, 3.8) is 0 Å². The first kappa shape index (κ1) is 10.3. The van der Waals surface area contributed by atoms with Crippen LogP contribution in [-0.2, 0) is 0 Å². The number of rotatable bonds is 1. The molecule has 1 aromatic carbocycles. The lowest BCUT2D eigenvalue weighted by atomic mass is 10.2. The molecule has 3 heterocycles. The van der Waals surface area contributed by atoms with E-state index < -0.39 is 0 Å². The number of amidine groups is 1. The lowest BCUT2D eigenvalue weighted by Crippen LogP contribution is -2.06. The third kappa shape index (κ3) is 1.59. The molecule has 0 saturated heterocycles. The number of benzene rings is 1. The summed E-state index contributed by atoms with van der Waals surface area (Å²) in [4.78, 5) is 13.3. The highest BCUT2D eigenvalue weighted by molar-refractivity contribution is 6.02. The Labute approximate surface area is 108 Å². The maximum absolute atomic E-state index is 4.54.